The second-order valence-electron chi connectivity index (χ2n) is 6.03. The van der Waals surface area contributed by atoms with Crippen LogP contribution in [0.3, 0.4) is 0 Å². The van der Waals surface area contributed by atoms with Gasteiger partial charge in [0.1, 0.15) is 0 Å². The third-order valence-corrected chi connectivity index (χ3v) is 4.33. The average molecular weight is 348 g/mol. The number of nitrogens with one attached hydrogen (secondary N) is 1. The van der Waals surface area contributed by atoms with Crippen LogP contribution in [0.5, 0.6) is 5.75 Å². The first-order valence-electron chi connectivity index (χ1n) is 8.30. The van der Waals surface area contributed by atoms with E-state index in [-0.39, 0.29) is 11.8 Å². The molecule has 0 aromatic heterocycles. The molecule has 1 unspecified atom stereocenters. The van der Waals surface area contributed by atoms with Gasteiger partial charge < -0.3 is 19.7 Å². The number of rotatable bonds is 5. The molecule has 1 aliphatic heterocycles. The fraction of sp³-hybridized carbons (Fsp3) is 0.368. The lowest BCUT2D eigenvalue weighted by molar-refractivity contribution is 0.122. The molecule has 0 saturated carbocycles. The molecule has 0 radical (unpaired) electrons. The van der Waals surface area contributed by atoms with Gasteiger partial charge in [0.2, 0.25) is 0 Å². The van der Waals surface area contributed by atoms with E-state index in [0.717, 1.165) is 37.6 Å². The van der Waals surface area contributed by atoms with Crippen molar-refractivity contribution >= 4 is 11.4 Å². The lowest BCUT2D eigenvalue weighted by atomic mass is 10.1. The van der Waals surface area contributed by atoms with E-state index in [1.807, 2.05) is 19.1 Å². The van der Waals surface area contributed by atoms with E-state index in [1.165, 1.54) is 19.2 Å². The van der Waals surface area contributed by atoms with Crippen molar-refractivity contribution < 1.29 is 18.3 Å². The van der Waals surface area contributed by atoms with E-state index in [0.29, 0.717) is 5.69 Å². The van der Waals surface area contributed by atoms with Crippen LogP contribution in [-0.2, 0) is 4.74 Å². The third kappa shape index (κ3) is 4.02. The van der Waals surface area contributed by atoms with Crippen LogP contribution in [0.4, 0.5) is 20.2 Å². The van der Waals surface area contributed by atoms with Gasteiger partial charge in [0.25, 0.3) is 0 Å². The van der Waals surface area contributed by atoms with Crippen molar-refractivity contribution in [3.05, 3.63) is 53.6 Å². The summed E-state index contributed by atoms with van der Waals surface area (Å²) < 4.78 is 37.8. The Morgan fingerprint density at radius 1 is 1.12 bits per heavy atom. The first-order valence-corrected chi connectivity index (χ1v) is 8.30. The summed E-state index contributed by atoms with van der Waals surface area (Å²) in [5, 5.41) is 3.14. The number of anilines is 2. The van der Waals surface area contributed by atoms with Crippen molar-refractivity contribution in [2.24, 2.45) is 0 Å². The van der Waals surface area contributed by atoms with Gasteiger partial charge in [-0.15, -0.1) is 0 Å². The van der Waals surface area contributed by atoms with Crippen LogP contribution < -0.4 is 15.0 Å². The van der Waals surface area contributed by atoms with Gasteiger partial charge in [0, 0.05) is 42.6 Å². The Bertz CT molecular complexity index is 710. The zero-order valence-electron chi connectivity index (χ0n) is 14.4. The molecule has 0 amide bonds. The maximum atomic E-state index is 13.8. The molecule has 1 N–H and O–H groups in total. The summed E-state index contributed by atoms with van der Waals surface area (Å²) in [5.41, 5.74) is 2.54. The summed E-state index contributed by atoms with van der Waals surface area (Å²) in [7, 11) is 1.24. The minimum Gasteiger partial charge on any atom is -0.491 e. The normalized spacial score (nSPS) is 15.8. The van der Waals surface area contributed by atoms with E-state index < -0.39 is 11.6 Å². The van der Waals surface area contributed by atoms with Crippen molar-refractivity contribution in [3.8, 4) is 5.75 Å². The first-order chi connectivity index (χ1) is 12.1. The number of benzene rings is 2. The molecule has 1 aliphatic rings. The molecule has 6 heteroatoms. The largest absolute Gasteiger partial charge is 0.491 e. The molecular weight excluding hydrogens is 326 g/mol. The molecule has 1 atom stereocenters. The maximum absolute atomic E-state index is 13.8. The highest BCUT2D eigenvalue weighted by atomic mass is 19.1. The summed E-state index contributed by atoms with van der Waals surface area (Å²) in [6.07, 6.45) is 0. The van der Waals surface area contributed by atoms with Gasteiger partial charge in [-0.2, -0.15) is 0 Å². The average Bonchev–Trinajstić information content (AvgIpc) is 2.62. The molecule has 2 aromatic rings. The van der Waals surface area contributed by atoms with Gasteiger partial charge in [-0.05, 0) is 24.6 Å². The fourth-order valence-electron chi connectivity index (χ4n) is 2.98. The van der Waals surface area contributed by atoms with Crippen LogP contribution in [0.1, 0.15) is 18.5 Å². The van der Waals surface area contributed by atoms with Crippen molar-refractivity contribution in [3.63, 3.8) is 0 Å². The Morgan fingerprint density at radius 3 is 2.44 bits per heavy atom. The number of nitrogens with zero attached hydrogens (tertiary/aromatic N) is 1. The monoisotopic (exact) mass is 348 g/mol. The standard InChI is InChI=1S/C19H22F2N2O2/c1-13(22-15-11-17(20)19(24-2)18(21)12-15)14-4-3-5-16(10-14)23-6-8-25-9-7-23/h3-5,10-13,22H,6-9H2,1-2H3. The Hall–Kier alpha value is -2.34. The molecule has 134 valence electrons. The number of morpholine rings is 1. The van der Waals surface area contributed by atoms with Crippen LogP contribution in [0.25, 0.3) is 0 Å². The van der Waals surface area contributed by atoms with E-state index in [2.05, 4.69) is 22.3 Å². The van der Waals surface area contributed by atoms with Gasteiger partial charge in [-0.25, -0.2) is 8.78 Å². The zero-order chi connectivity index (χ0) is 17.8. The van der Waals surface area contributed by atoms with Crippen molar-refractivity contribution in [2.45, 2.75) is 13.0 Å². The molecule has 4 nitrogen and oxygen atoms in total. The van der Waals surface area contributed by atoms with E-state index in [9.17, 15) is 8.78 Å². The highest BCUT2D eigenvalue weighted by molar-refractivity contribution is 5.53. The predicted molar refractivity (Wildman–Crippen MR) is 94.4 cm³/mol. The highest BCUT2D eigenvalue weighted by Gasteiger charge is 2.15. The lowest BCUT2D eigenvalue weighted by Crippen LogP contribution is -2.36. The fourth-order valence-corrected chi connectivity index (χ4v) is 2.98. The minimum atomic E-state index is -0.723. The molecule has 0 bridgehead atoms. The molecule has 1 saturated heterocycles. The molecule has 0 aliphatic carbocycles. The van der Waals surface area contributed by atoms with Gasteiger partial charge in [0.15, 0.2) is 17.4 Å². The maximum Gasteiger partial charge on any atom is 0.190 e. The SMILES string of the molecule is COc1c(F)cc(NC(C)c2cccc(N3CCOCC3)c2)cc1F. The Morgan fingerprint density at radius 2 is 1.80 bits per heavy atom. The summed E-state index contributed by atoms with van der Waals surface area (Å²) >= 11 is 0. The zero-order valence-corrected chi connectivity index (χ0v) is 14.4. The lowest BCUT2D eigenvalue weighted by Gasteiger charge is -2.29. The van der Waals surface area contributed by atoms with Crippen molar-refractivity contribution in [2.75, 3.05) is 43.6 Å². The number of halogens is 2. The summed E-state index contributed by atoms with van der Waals surface area (Å²) in [4.78, 5) is 2.27. The molecule has 1 fully saturated rings. The number of ether oxygens (including phenoxy) is 2. The first kappa shape index (κ1) is 17.5. The molecular formula is C19H22F2N2O2. The van der Waals surface area contributed by atoms with Crippen LogP contribution >= 0.6 is 0 Å². The third-order valence-electron chi connectivity index (χ3n) is 4.33. The molecule has 0 spiro atoms. The van der Waals surface area contributed by atoms with E-state index in [1.54, 1.807) is 0 Å². The Kier molecular flexibility index (Phi) is 5.38. The topological polar surface area (TPSA) is 33.7 Å². The molecule has 25 heavy (non-hydrogen) atoms. The van der Waals surface area contributed by atoms with Gasteiger partial charge in [-0.1, -0.05) is 12.1 Å². The predicted octanol–water partition coefficient (Wildman–Crippen LogP) is 3.98. The number of hydrogen-bond acceptors (Lipinski definition) is 4. The second kappa shape index (κ2) is 7.70. The summed E-state index contributed by atoms with van der Waals surface area (Å²) in [6, 6.07) is 10.5. The molecule has 3 rings (SSSR count). The minimum absolute atomic E-state index is 0.104. The Labute approximate surface area is 146 Å². The van der Waals surface area contributed by atoms with Gasteiger partial charge in [0.05, 0.1) is 20.3 Å². The van der Waals surface area contributed by atoms with Crippen LogP contribution in [0, 0.1) is 11.6 Å². The Balaban J connectivity index is 1.76. The van der Waals surface area contributed by atoms with E-state index >= 15 is 0 Å². The van der Waals surface area contributed by atoms with Crippen LogP contribution in [0.15, 0.2) is 36.4 Å². The van der Waals surface area contributed by atoms with Gasteiger partial charge in [-0.3, -0.25) is 0 Å². The quantitative estimate of drug-likeness (QED) is 0.886. The molecule has 1 heterocycles. The highest BCUT2D eigenvalue weighted by Crippen LogP contribution is 2.29. The van der Waals surface area contributed by atoms with Crippen LogP contribution in [0.2, 0.25) is 0 Å². The van der Waals surface area contributed by atoms with Crippen LogP contribution in [-0.4, -0.2) is 33.4 Å². The second-order valence-corrected chi connectivity index (χ2v) is 6.03. The smallest absolute Gasteiger partial charge is 0.190 e. The summed E-state index contributed by atoms with van der Waals surface area (Å²) in [5.74, 6) is -1.81. The van der Waals surface area contributed by atoms with Gasteiger partial charge >= 0.3 is 0 Å². The van der Waals surface area contributed by atoms with Crippen molar-refractivity contribution in [1.29, 1.82) is 0 Å². The summed E-state index contributed by atoms with van der Waals surface area (Å²) in [6.45, 7) is 5.13. The van der Waals surface area contributed by atoms with E-state index in [4.69, 9.17) is 9.47 Å². The number of hydrogen-bond donors (Lipinski definition) is 1. The number of methoxy groups -OCH3 is 1. The van der Waals surface area contributed by atoms with Crippen molar-refractivity contribution in [1.82, 2.24) is 0 Å². The molecule has 2 aromatic carbocycles.